The van der Waals surface area contributed by atoms with Gasteiger partial charge in [0, 0.05) is 10.4 Å². The molecule has 0 spiro atoms. The molecule has 23 heavy (non-hydrogen) atoms. The molecule has 0 saturated heterocycles. The number of carbonyl (C=O) groups excluding carboxylic acids is 1. The summed E-state index contributed by atoms with van der Waals surface area (Å²) in [6, 6.07) is 3.66. The van der Waals surface area contributed by atoms with Crippen LogP contribution in [0.1, 0.15) is 30.3 Å². The highest BCUT2D eigenvalue weighted by Gasteiger charge is 2.17. The number of hydrogen-bond acceptors (Lipinski definition) is 6. The van der Waals surface area contributed by atoms with Crippen LogP contribution in [-0.2, 0) is 11.2 Å². The Balaban J connectivity index is 1.69. The molecule has 1 aliphatic rings. The van der Waals surface area contributed by atoms with E-state index in [-0.39, 0.29) is 12.3 Å². The molecular weight excluding hydrogens is 382 g/mol. The molecule has 6 nitrogen and oxygen atoms in total. The van der Waals surface area contributed by atoms with Gasteiger partial charge in [0.2, 0.25) is 11.0 Å². The summed E-state index contributed by atoms with van der Waals surface area (Å²) in [5.74, 6) is 1.51. The maximum atomic E-state index is 12.2. The minimum Gasteiger partial charge on any atom is -0.486 e. The van der Waals surface area contributed by atoms with Crippen LogP contribution in [0.3, 0.4) is 0 Å². The van der Waals surface area contributed by atoms with E-state index in [0.717, 1.165) is 15.0 Å². The average Bonchev–Trinajstić information content (AvgIpc) is 2.96. The van der Waals surface area contributed by atoms with E-state index in [0.29, 0.717) is 35.8 Å². The fourth-order valence-corrected chi connectivity index (χ4v) is 3.32. The SMILES string of the molecule is CC(C)c1nnc(NC(=O)Cc2cc3c(cc2Br)OCCO3)s1. The number of carbonyl (C=O) groups is 1. The summed E-state index contributed by atoms with van der Waals surface area (Å²) >= 11 is 4.87. The Morgan fingerprint density at radius 2 is 2.00 bits per heavy atom. The summed E-state index contributed by atoms with van der Waals surface area (Å²) < 4.78 is 11.9. The van der Waals surface area contributed by atoms with Gasteiger partial charge in [0.15, 0.2) is 11.5 Å². The molecule has 3 rings (SSSR count). The van der Waals surface area contributed by atoms with Crippen molar-refractivity contribution < 1.29 is 14.3 Å². The second-order valence-electron chi connectivity index (χ2n) is 5.41. The highest BCUT2D eigenvalue weighted by molar-refractivity contribution is 9.10. The van der Waals surface area contributed by atoms with E-state index >= 15 is 0 Å². The summed E-state index contributed by atoms with van der Waals surface area (Å²) in [5, 5.41) is 12.3. The first-order valence-corrected chi connectivity index (χ1v) is 8.85. The van der Waals surface area contributed by atoms with Crippen LogP contribution in [0.15, 0.2) is 16.6 Å². The number of benzene rings is 1. The van der Waals surface area contributed by atoms with Crippen molar-refractivity contribution in [1.29, 1.82) is 0 Å². The molecule has 0 aliphatic carbocycles. The Hall–Kier alpha value is -1.67. The van der Waals surface area contributed by atoms with Crippen molar-refractivity contribution in [2.75, 3.05) is 18.5 Å². The second kappa shape index (κ2) is 6.84. The Kier molecular flexibility index (Phi) is 4.82. The summed E-state index contributed by atoms with van der Waals surface area (Å²) in [6.45, 7) is 5.13. The van der Waals surface area contributed by atoms with Crippen molar-refractivity contribution in [2.45, 2.75) is 26.2 Å². The van der Waals surface area contributed by atoms with E-state index in [4.69, 9.17) is 9.47 Å². The number of nitrogens with zero attached hydrogens (tertiary/aromatic N) is 2. The van der Waals surface area contributed by atoms with Gasteiger partial charge in [0.25, 0.3) is 0 Å². The molecule has 0 bridgehead atoms. The summed E-state index contributed by atoms with van der Waals surface area (Å²) in [6.07, 6.45) is 0.216. The van der Waals surface area contributed by atoms with Gasteiger partial charge in [-0.2, -0.15) is 0 Å². The highest BCUT2D eigenvalue weighted by atomic mass is 79.9. The number of halogens is 1. The van der Waals surface area contributed by atoms with Crippen LogP contribution in [0.5, 0.6) is 11.5 Å². The number of hydrogen-bond donors (Lipinski definition) is 1. The second-order valence-corrected chi connectivity index (χ2v) is 7.28. The molecule has 2 heterocycles. The molecule has 1 aliphatic heterocycles. The van der Waals surface area contributed by atoms with Gasteiger partial charge in [-0.05, 0) is 17.7 Å². The van der Waals surface area contributed by atoms with Crippen molar-refractivity contribution in [1.82, 2.24) is 10.2 Å². The van der Waals surface area contributed by atoms with E-state index in [1.807, 2.05) is 26.0 Å². The van der Waals surface area contributed by atoms with Crippen molar-refractivity contribution in [3.8, 4) is 11.5 Å². The number of anilines is 1. The molecule has 1 N–H and O–H groups in total. The number of nitrogens with one attached hydrogen (secondary N) is 1. The van der Waals surface area contributed by atoms with Crippen LogP contribution in [0.4, 0.5) is 5.13 Å². The topological polar surface area (TPSA) is 73.3 Å². The number of rotatable bonds is 4. The zero-order valence-electron chi connectivity index (χ0n) is 12.8. The quantitative estimate of drug-likeness (QED) is 0.855. The van der Waals surface area contributed by atoms with Crippen molar-refractivity contribution in [3.05, 3.63) is 27.2 Å². The lowest BCUT2D eigenvalue weighted by Crippen LogP contribution is -2.17. The Morgan fingerprint density at radius 1 is 1.30 bits per heavy atom. The molecule has 1 amide bonds. The van der Waals surface area contributed by atoms with E-state index in [9.17, 15) is 4.79 Å². The minimum absolute atomic E-state index is 0.145. The van der Waals surface area contributed by atoms with Crippen LogP contribution in [0.2, 0.25) is 0 Å². The van der Waals surface area contributed by atoms with Crippen molar-refractivity contribution in [3.63, 3.8) is 0 Å². The molecule has 2 aromatic rings. The Morgan fingerprint density at radius 3 is 2.65 bits per heavy atom. The fourth-order valence-electron chi connectivity index (χ4n) is 2.10. The van der Waals surface area contributed by atoms with Gasteiger partial charge in [0.1, 0.15) is 18.2 Å². The molecule has 0 unspecified atom stereocenters. The van der Waals surface area contributed by atoms with Crippen LogP contribution in [0, 0.1) is 0 Å². The minimum atomic E-state index is -0.145. The van der Waals surface area contributed by atoms with Gasteiger partial charge in [-0.15, -0.1) is 10.2 Å². The fraction of sp³-hybridized carbons (Fsp3) is 0.400. The molecule has 0 saturated carbocycles. The normalized spacial score (nSPS) is 13.2. The lowest BCUT2D eigenvalue weighted by molar-refractivity contribution is -0.115. The molecule has 1 aromatic carbocycles. The van der Waals surface area contributed by atoms with E-state index in [1.54, 1.807) is 0 Å². The third-order valence-electron chi connectivity index (χ3n) is 3.24. The predicted octanol–water partition coefficient (Wildman–Crippen LogP) is 3.38. The number of aromatic nitrogens is 2. The van der Waals surface area contributed by atoms with E-state index < -0.39 is 0 Å². The summed E-state index contributed by atoms with van der Waals surface area (Å²) in [7, 11) is 0. The number of amides is 1. The third-order valence-corrected chi connectivity index (χ3v) is 5.12. The molecule has 8 heteroatoms. The van der Waals surface area contributed by atoms with Gasteiger partial charge < -0.3 is 14.8 Å². The van der Waals surface area contributed by atoms with Crippen LogP contribution in [0.25, 0.3) is 0 Å². The van der Waals surface area contributed by atoms with Crippen LogP contribution in [-0.4, -0.2) is 29.3 Å². The van der Waals surface area contributed by atoms with Crippen molar-refractivity contribution >= 4 is 38.3 Å². The van der Waals surface area contributed by atoms with Crippen molar-refractivity contribution in [2.24, 2.45) is 0 Å². The third kappa shape index (κ3) is 3.81. The molecular formula is C15H16BrN3O3S. The first-order chi connectivity index (χ1) is 11.0. The molecule has 0 radical (unpaired) electrons. The largest absolute Gasteiger partial charge is 0.486 e. The highest BCUT2D eigenvalue weighted by Crippen LogP contribution is 2.35. The lowest BCUT2D eigenvalue weighted by atomic mass is 10.1. The van der Waals surface area contributed by atoms with Gasteiger partial charge in [-0.1, -0.05) is 41.1 Å². The zero-order valence-corrected chi connectivity index (χ0v) is 15.2. The average molecular weight is 398 g/mol. The van der Waals surface area contributed by atoms with E-state index in [2.05, 4.69) is 31.4 Å². The van der Waals surface area contributed by atoms with Crippen LogP contribution < -0.4 is 14.8 Å². The Bertz CT molecular complexity index is 733. The van der Waals surface area contributed by atoms with E-state index in [1.165, 1.54) is 11.3 Å². The maximum Gasteiger partial charge on any atom is 0.230 e. The molecule has 0 fully saturated rings. The smallest absolute Gasteiger partial charge is 0.230 e. The zero-order chi connectivity index (χ0) is 16.4. The first-order valence-electron chi connectivity index (χ1n) is 7.24. The van der Waals surface area contributed by atoms with Gasteiger partial charge in [0.05, 0.1) is 6.42 Å². The Labute approximate surface area is 146 Å². The summed E-state index contributed by atoms with van der Waals surface area (Å²) in [5.41, 5.74) is 0.834. The molecule has 1 aromatic heterocycles. The standard InChI is InChI=1S/C15H16BrN3O3S/c1-8(2)14-18-19-15(23-14)17-13(20)6-9-5-11-12(7-10(9)16)22-4-3-21-11/h5,7-8H,3-4,6H2,1-2H3,(H,17,19,20). The lowest BCUT2D eigenvalue weighted by Gasteiger charge is -2.19. The number of ether oxygens (including phenoxy) is 2. The van der Waals surface area contributed by atoms with Gasteiger partial charge in [-0.3, -0.25) is 4.79 Å². The molecule has 0 atom stereocenters. The monoisotopic (exact) mass is 397 g/mol. The van der Waals surface area contributed by atoms with Crippen LogP contribution >= 0.6 is 27.3 Å². The van der Waals surface area contributed by atoms with Gasteiger partial charge >= 0.3 is 0 Å². The number of fused-ring (bicyclic) bond motifs is 1. The first kappa shape index (κ1) is 16.2. The predicted molar refractivity (Wildman–Crippen MR) is 91.5 cm³/mol. The maximum absolute atomic E-state index is 12.2. The van der Waals surface area contributed by atoms with Gasteiger partial charge in [-0.25, -0.2) is 0 Å². The molecule has 122 valence electrons. The summed E-state index contributed by atoms with van der Waals surface area (Å²) in [4.78, 5) is 12.2.